The van der Waals surface area contributed by atoms with Crippen LogP contribution in [0.2, 0.25) is 0 Å². The van der Waals surface area contributed by atoms with Crippen LogP contribution in [0.1, 0.15) is 42.6 Å². The zero-order valence-electron chi connectivity index (χ0n) is 11.9. The molecule has 0 aliphatic carbocycles. The van der Waals surface area contributed by atoms with Gasteiger partial charge in [0.2, 0.25) is 0 Å². The molecule has 1 aromatic rings. The molecule has 1 fully saturated rings. The van der Waals surface area contributed by atoms with Crippen LogP contribution in [0.15, 0.2) is 24.3 Å². The molecule has 104 valence electrons. The van der Waals surface area contributed by atoms with Crippen LogP contribution in [-0.4, -0.2) is 25.0 Å². The van der Waals surface area contributed by atoms with Gasteiger partial charge in [0.15, 0.2) is 0 Å². The molecular formula is C16H24N2O. The van der Waals surface area contributed by atoms with Gasteiger partial charge >= 0.3 is 0 Å². The van der Waals surface area contributed by atoms with E-state index in [2.05, 4.69) is 36.6 Å². The molecule has 0 bridgehead atoms. The lowest BCUT2D eigenvalue weighted by Gasteiger charge is -2.30. The number of piperidine rings is 1. The van der Waals surface area contributed by atoms with Crippen LogP contribution in [0.5, 0.6) is 0 Å². The second kappa shape index (κ2) is 6.71. The maximum Gasteiger partial charge on any atom is 0.251 e. The van der Waals surface area contributed by atoms with Crippen molar-refractivity contribution in [2.24, 2.45) is 5.92 Å². The molecule has 1 heterocycles. The molecule has 2 rings (SSSR count). The van der Waals surface area contributed by atoms with E-state index in [1.165, 1.54) is 5.56 Å². The third-order valence-corrected chi connectivity index (χ3v) is 3.90. The maximum atomic E-state index is 12.2. The number of aryl methyl sites for hydroxylation is 1. The van der Waals surface area contributed by atoms with Gasteiger partial charge in [-0.2, -0.15) is 0 Å². The quantitative estimate of drug-likeness (QED) is 0.872. The highest BCUT2D eigenvalue weighted by molar-refractivity contribution is 5.94. The van der Waals surface area contributed by atoms with Crippen LogP contribution in [0.4, 0.5) is 0 Å². The molecule has 0 spiro atoms. The average Bonchev–Trinajstić information content (AvgIpc) is 2.42. The summed E-state index contributed by atoms with van der Waals surface area (Å²) in [5, 5.41) is 6.47. The lowest BCUT2D eigenvalue weighted by atomic mass is 9.94. The highest BCUT2D eigenvalue weighted by atomic mass is 16.1. The van der Waals surface area contributed by atoms with Crippen molar-refractivity contribution in [3.05, 3.63) is 35.4 Å². The van der Waals surface area contributed by atoms with Crippen molar-refractivity contribution in [3.8, 4) is 0 Å². The molecule has 2 unspecified atom stereocenters. The highest BCUT2D eigenvalue weighted by Gasteiger charge is 2.22. The standard InChI is InChI=1S/C16H24N2O/c1-3-4-13-5-7-14(8-6-13)16(19)18-15-11-17-10-9-12(15)2/h5-8,12,15,17H,3-4,9-11H2,1-2H3,(H,18,19). The zero-order valence-corrected chi connectivity index (χ0v) is 11.9. The van der Waals surface area contributed by atoms with E-state index in [0.29, 0.717) is 5.92 Å². The number of hydrogen-bond acceptors (Lipinski definition) is 2. The molecule has 2 N–H and O–H groups in total. The molecule has 2 atom stereocenters. The summed E-state index contributed by atoms with van der Waals surface area (Å²) < 4.78 is 0. The van der Waals surface area contributed by atoms with Crippen LogP contribution >= 0.6 is 0 Å². The monoisotopic (exact) mass is 260 g/mol. The van der Waals surface area contributed by atoms with Crippen molar-refractivity contribution in [3.63, 3.8) is 0 Å². The van der Waals surface area contributed by atoms with Gasteiger partial charge in [-0.05, 0) is 43.0 Å². The number of hydrogen-bond donors (Lipinski definition) is 2. The Morgan fingerprint density at radius 3 is 2.74 bits per heavy atom. The van der Waals surface area contributed by atoms with E-state index in [-0.39, 0.29) is 11.9 Å². The first-order chi connectivity index (χ1) is 9.20. The first kappa shape index (κ1) is 14.1. The summed E-state index contributed by atoms with van der Waals surface area (Å²) in [5.41, 5.74) is 2.06. The van der Waals surface area contributed by atoms with Crippen molar-refractivity contribution in [1.29, 1.82) is 0 Å². The molecule has 1 aliphatic heterocycles. The summed E-state index contributed by atoms with van der Waals surface area (Å²) in [6.07, 6.45) is 3.34. The van der Waals surface area contributed by atoms with Crippen molar-refractivity contribution in [2.45, 2.75) is 39.2 Å². The highest BCUT2D eigenvalue weighted by Crippen LogP contribution is 2.13. The number of carbonyl (C=O) groups is 1. The summed E-state index contributed by atoms with van der Waals surface area (Å²) >= 11 is 0. The fourth-order valence-electron chi connectivity index (χ4n) is 2.55. The second-order valence-corrected chi connectivity index (χ2v) is 5.50. The Morgan fingerprint density at radius 1 is 1.37 bits per heavy atom. The van der Waals surface area contributed by atoms with Crippen LogP contribution in [-0.2, 0) is 6.42 Å². The largest absolute Gasteiger partial charge is 0.348 e. The average molecular weight is 260 g/mol. The Bertz CT molecular complexity index is 413. The van der Waals surface area contributed by atoms with Gasteiger partial charge in [0.25, 0.3) is 5.91 Å². The number of carbonyl (C=O) groups excluding carboxylic acids is 1. The minimum Gasteiger partial charge on any atom is -0.348 e. The predicted octanol–water partition coefficient (Wildman–Crippen LogP) is 2.37. The normalized spacial score (nSPS) is 23.1. The molecule has 0 saturated carbocycles. The SMILES string of the molecule is CCCc1ccc(C(=O)NC2CNCCC2C)cc1. The van der Waals surface area contributed by atoms with Gasteiger partial charge in [-0.1, -0.05) is 32.4 Å². The third-order valence-electron chi connectivity index (χ3n) is 3.90. The first-order valence-corrected chi connectivity index (χ1v) is 7.31. The Balaban J connectivity index is 1.95. The maximum absolute atomic E-state index is 12.2. The third kappa shape index (κ3) is 3.80. The Morgan fingerprint density at radius 2 is 2.11 bits per heavy atom. The Kier molecular flexibility index (Phi) is 4.97. The van der Waals surface area contributed by atoms with Gasteiger partial charge in [-0.25, -0.2) is 0 Å². The van der Waals surface area contributed by atoms with Crippen molar-refractivity contribution < 1.29 is 4.79 Å². The van der Waals surface area contributed by atoms with Gasteiger partial charge in [-0.3, -0.25) is 4.79 Å². The lowest BCUT2D eigenvalue weighted by molar-refractivity contribution is 0.0915. The molecule has 3 heteroatoms. The summed E-state index contributed by atoms with van der Waals surface area (Å²) in [6, 6.07) is 8.22. The van der Waals surface area contributed by atoms with Gasteiger partial charge in [0.05, 0.1) is 0 Å². The summed E-state index contributed by atoms with van der Waals surface area (Å²) in [5.74, 6) is 0.591. The predicted molar refractivity (Wildman–Crippen MR) is 78.3 cm³/mol. The molecule has 0 radical (unpaired) electrons. The smallest absolute Gasteiger partial charge is 0.251 e. The topological polar surface area (TPSA) is 41.1 Å². The molecule has 1 aliphatic rings. The van der Waals surface area contributed by atoms with E-state index in [1.54, 1.807) is 0 Å². The Hall–Kier alpha value is -1.35. The zero-order chi connectivity index (χ0) is 13.7. The van der Waals surface area contributed by atoms with Crippen molar-refractivity contribution >= 4 is 5.91 Å². The lowest BCUT2D eigenvalue weighted by Crippen LogP contribution is -2.50. The van der Waals surface area contributed by atoms with E-state index in [1.807, 2.05) is 12.1 Å². The molecule has 1 aromatic carbocycles. The van der Waals surface area contributed by atoms with Gasteiger partial charge in [-0.15, -0.1) is 0 Å². The molecule has 1 saturated heterocycles. The van der Waals surface area contributed by atoms with Crippen LogP contribution in [0, 0.1) is 5.92 Å². The van der Waals surface area contributed by atoms with E-state index >= 15 is 0 Å². The number of rotatable bonds is 4. The van der Waals surface area contributed by atoms with Crippen molar-refractivity contribution in [1.82, 2.24) is 10.6 Å². The fourth-order valence-corrected chi connectivity index (χ4v) is 2.55. The molecule has 3 nitrogen and oxygen atoms in total. The van der Waals surface area contributed by atoms with Crippen LogP contribution in [0.3, 0.4) is 0 Å². The molecule has 19 heavy (non-hydrogen) atoms. The van der Waals surface area contributed by atoms with Crippen molar-refractivity contribution in [2.75, 3.05) is 13.1 Å². The van der Waals surface area contributed by atoms with E-state index in [9.17, 15) is 4.79 Å². The minimum absolute atomic E-state index is 0.0450. The summed E-state index contributed by atoms with van der Waals surface area (Å²) in [6.45, 7) is 6.30. The first-order valence-electron chi connectivity index (χ1n) is 7.31. The Labute approximate surface area is 115 Å². The van der Waals surface area contributed by atoms with E-state index < -0.39 is 0 Å². The number of nitrogens with one attached hydrogen (secondary N) is 2. The van der Waals surface area contributed by atoms with Gasteiger partial charge in [0.1, 0.15) is 0 Å². The van der Waals surface area contributed by atoms with Gasteiger partial charge < -0.3 is 10.6 Å². The molecule has 1 amide bonds. The summed E-state index contributed by atoms with van der Waals surface area (Å²) in [7, 11) is 0. The van der Waals surface area contributed by atoms with Crippen LogP contribution in [0.25, 0.3) is 0 Å². The molecule has 0 aromatic heterocycles. The fraction of sp³-hybridized carbons (Fsp3) is 0.562. The van der Waals surface area contributed by atoms with E-state index in [4.69, 9.17) is 0 Å². The van der Waals surface area contributed by atoms with Gasteiger partial charge in [0, 0.05) is 18.2 Å². The minimum atomic E-state index is 0.0450. The summed E-state index contributed by atoms with van der Waals surface area (Å²) in [4.78, 5) is 12.2. The molecular weight excluding hydrogens is 236 g/mol. The van der Waals surface area contributed by atoms with Crippen LogP contribution < -0.4 is 10.6 Å². The van der Waals surface area contributed by atoms with E-state index in [0.717, 1.165) is 37.9 Å². The second-order valence-electron chi connectivity index (χ2n) is 5.50. The number of benzene rings is 1. The number of amides is 1.